The van der Waals surface area contributed by atoms with Crippen LogP contribution in [0.4, 0.5) is 0 Å². The maximum absolute atomic E-state index is 6.02. The monoisotopic (exact) mass is 346 g/mol. The molecule has 0 atom stereocenters. The number of hydrogen-bond acceptors (Lipinski definition) is 5. The minimum Gasteiger partial charge on any atom is -0.494 e. The summed E-state index contributed by atoms with van der Waals surface area (Å²) in [6, 6.07) is 13.7. The van der Waals surface area contributed by atoms with Gasteiger partial charge in [-0.25, -0.2) is 0 Å². The van der Waals surface area contributed by atoms with Crippen molar-refractivity contribution in [3.8, 4) is 11.4 Å². The maximum Gasteiger partial charge on any atom is 0.214 e. The molecule has 0 aliphatic rings. The number of aromatic nitrogens is 4. The minimum atomic E-state index is 0.703. The van der Waals surface area contributed by atoms with Gasteiger partial charge in [-0.3, -0.25) is 0 Å². The van der Waals surface area contributed by atoms with Crippen LogP contribution >= 0.6 is 23.4 Å². The van der Waals surface area contributed by atoms with Crippen molar-refractivity contribution in [3.63, 3.8) is 0 Å². The number of benzene rings is 2. The summed E-state index contributed by atoms with van der Waals surface area (Å²) in [5.74, 6) is 1.46. The largest absolute Gasteiger partial charge is 0.494 e. The Morgan fingerprint density at radius 3 is 2.87 bits per heavy atom. The van der Waals surface area contributed by atoms with E-state index in [9.17, 15) is 0 Å². The van der Waals surface area contributed by atoms with E-state index in [1.165, 1.54) is 0 Å². The standard InChI is InChI=1S/C16H15ClN4OS/c1-11-6-7-15(22-2)14(8-11)21-16(18-19-20-21)23-10-12-4-3-5-13(17)9-12/h3-9H,10H2,1-2H3. The Bertz CT molecular complexity index is 821. The second-order valence-electron chi connectivity index (χ2n) is 4.97. The topological polar surface area (TPSA) is 52.8 Å². The van der Waals surface area contributed by atoms with Gasteiger partial charge in [0.25, 0.3) is 0 Å². The summed E-state index contributed by atoms with van der Waals surface area (Å²) in [6.07, 6.45) is 0. The van der Waals surface area contributed by atoms with Gasteiger partial charge in [-0.1, -0.05) is 41.6 Å². The third-order valence-electron chi connectivity index (χ3n) is 3.26. The maximum atomic E-state index is 6.02. The minimum absolute atomic E-state index is 0.703. The predicted molar refractivity (Wildman–Crippen MR) is 91.5 cm³/mol. The number of ether oxygens (including phenoxy) is 1. The molecule has 0 radical (unpaired) electrons. The fourth-order valence-electron chi connectivity index (χ4n) is 2.16. The van der Waals surface area contributed by atoms with Crippen LogP contribution in [0.3, 0.4) is 0 Å². The first-order valence-corrected chi connectivity index (χ1v) is 8.34. The number of halogens is 1. The molecule has 0 fully saturated rings. The third-order valence-corrected chi connectivity index (χ3v) is 4.49. The average Bonchev–Trinajstić information content (AvgIpc) is 3.01. The van der Waals surface area contributed by atoms with Gasteiger partial charge in [0.05, 0.1) is 7.11 Å². The van der Waals surface area contributed by atoms with Gasteiger partial charge >= 0.3 is 0 Å². The van der Waals surface area contributed by atoms with Gasteiger partial charge in [-0.2, -0.15) is 4.68 Å². The van der Waals surface area contributed by atoms with E-state index in [4.69, 9.17) is 16.3 Å². The summed E-state index contributed by atoms with van der Waals surface area (Å²) < 4.78 is 7.11. The molecule has 118 valence electrons. The van der Waals surface area contributed by atoms with Crippen molar-refractivity contribution >= 4 is 23.4 Å². The highest BCUT2D eigenvalue weighted by Gasteiger charge is 2.13. The van der Waals surface area contributed by atoms with Crippen LogP contribution in [-0.2, 0) is 5.75 Å². The zero-order valence-corrected chi connectivity index (χ0v) is 14.3. The molecule has 0 aliphatic carbocycles. The summed E-state index contributed by atoms with van der Waals surface area (Å²) in [5.41, 5.74) is 3.06. The molecule has 3 rings (SSSR count). The van der Waals surface area contributed by atoms with E-state index in [1.54, 1.807) is 23.6 Å². The highest BCUT2D eigenvalue weighted by Crippen LogP contribution is 2.28. The summed E-state index contributed by atoms with van der Waals surface area (Å²) in [4.78, 5) is 0. The van der Waals surface area contributed by atoms with Crippen molar-refractivity contribution in [2.75, 3.05) is 7.11 Å². The zero-order valence-electron chi connectivity index (χ0n) is 12.7. The van der Waals surface area contributed by atoms with Gasteiger partial charge in [0.15, 0.2) is 0 Å². The Morgan fingerprint density at radius 2 is 2.09 bits per heavy atom. The van der Waals surface area contributed by atoms with Crippen molar-refractivity contribution in [1.29, 1.82) is 0 Å². The van der Waals surface area contributed by atoms with Crippen LogP contribution in [0.5, 0.6) is 5.75 Å². The summed E-state index contributed by atoms with van der Waals surface area (Å²) >= 11 is 7.57. The molecule has 0 N–H and O–H groups in total. The first-order valence-electron chi connectivity index (χ1n) is 6.98. The van der Waals surface area contributed by atoms with E-state index in [-0.39, 0.29) is 0 Å². The van der Waals surface area contributed by atoms with Crippen LogP contribution in [0, 0.1) is 6.92 Å². The van der Waals surface area contributed by atoms with Crippen LogP contribution in [0.15, 0.2) is 47.6 Å². The smallest absolute Gasteiger partial charge is 0.214 e. The molecule has 0 amide bonds. The Labute approximate surface area is 143 Å². The van der Waals surface area contributed by atoms with Crippen LogP contribution in [0.25, 0.3) is 5.69 Å². The van der Waals surface area contributed by atoms with Crippen LogP contribution in [0.1, 0.15) is 11.1 Å². The van der Waals surface area contributed by atoms with Crippen molar-refractivity contribution in [1.82, 2.24) is 20.2 Å². The fourth-order valence-corrected chi connectivity index (χ4v) is 3.20. The summed E-state index contributed by atoms with van der Waals surface area (Å²) in [6.45, 7) is 2.02. The fraction of sp³-hybridized carbons (Fsp3) is 0.188. The van der Waals surface area contributed by atoms with Gasteiger partial charge in [0, 0.05) is 10.8 Å². The van der Waals surface area contributed by atoms with Crippen LogP contribution < -0.4 is 4.74 Å². The lowest BCUT2D eigenvalue weighted by molar-refractivity contribution is 0.410. The van der Waals surface area contributed by atoms with Gasteiger partial charge in [0.1, 0.15) is 11.4 Å². The number of rotatable bonds is 5. The van der Waals surface area contributed by atoms with Crippen LogP contribution in [0.2, 0.25) is 5.02 Å². The highest BCUT2D eigenvalue weighted by atomic mass is 35.5. The van der Waals surface area contributed by atoms with E-state index < -0.39 is 0 Å². The molecular formula is C16H15ClN4OS. The molecule has 5 nitrogen and oxygen atoms in total. The Hall–Kier alpha value is -2.05. The molecule has 0 spiro atoms. The summed E-state index contributed by atoms with van der Waals surface area (Å²) in [5, 5.41) is 13.4. The van der Waals surface area contributed by atoms with Crippen molar-refractivity contribution in [3.05, 3.63) is 58.6 Å². The molecule has 3 aromatic rings. The van der Waals surface area contributed by atoms with Gasteiger partial charge in [-0.05, 0) is 52.7 Å². The highest BCUT2D eigenvalue weighted by molar-refractivity contribution is 7.98. The quantitative estimate of drug-likeness (QED) is 0.655. The first-order chi connectivity index (χ1) is 11.2. The molecule has 1 aromatic heterocycles. The average molecular weight is 347 g/mol. The normalized spacial score (nSPS) is 10.7. The number of thioether (sulfide) groups is 1. The molecule has 1 heterocycles. The molecule has 0 saturated carbocycles. The number of aryl methyl sites for hydroxylation is 1. The van der Waals surface area contributed by atoms with E-state index in [2.05, 4.69) is 15.5 Å². The van der Waals surface area contributed by atoms with E-state index in [0.717, 1.165) is 33.3 Å². The molecule has 0 unspecified atom stereocenters. The van der Waals surface area contributed by atoms with E-state index in [1.807, 2.05) is 49.4 Å². The predicted octanol–water partition coefficient (Wildman–Crippen LogP) is 3.93. The van der Waals surface area contributed by atoms with Crippen molar-refractivity contribution in [2.45, 2.75) is 17.8 Å². The molecule has 23 heavy (non-hydrogen) atoms. The van der Waals surface area contributed by atoms with Crippen molar-refractivity contribution < 1.29 is 4.74 Å². The van der Waals surface area contributed by atoms with Gasteiger partial charge < -0.3 is 4.74 Å². The van der Waals surface area contributed by atoms with Gasteiger partial charge in [0.2, 0.25) is 5.16 Å². The second kappa shape index (κ2) is 7.02. The molecule has 0 bridgehead atoms. The zero-order chi connectivity index (χ0) is 16.2. The number of hydrogen-bond donors (Lipinski definition) is 0. The second-order valence-corrected chi connectivity index (χ2v) is 6.35. The number of nitrogens with zero attached hydrogens (tertiary/aromatic N) is 4. The summed E-state index contributed by atoms with van der Waals surface area (Å²) in [7, 11) is 1.64. The lowest BCUT2D eigenvalue weighted by Gasteiger charge is -2.10. The molecule has 0 saturated heterocycles. The SMILES string of the molecule is COc1ccc(C)cc1-n1nnnc1SCc1cccc(Cl)c1. The van der Waals surface area contributed by atoms with Crippen molar-refractivity contribution in [2.24, 2.45) is 0 Å². The molecular weight excluding hydrogens is 332 g/mol. The Balaban J connectivity index is 1.87. The molecule has 0 aliphatic heterocycles. The molecule has 7 heteroatoms. The van der Waals surface area contributed by atoms with E-state index in [0.29, 0.717) is 5.16 Å². The number of methoxy groups -OCH3 is 1. The lowest BCUT2D eigenvalue weighted by atomic mass is 10.2. The third kappa shape index (κ3) is 3.65. The molecule has 2 aromatic carbocycles. The Morgan fingerprint density at radius 1 is 1.22 bits per heavy atom. The Kier molecular flexibility index (Phi) is 4.83. The van der Waals surface area contributed by atoms with Crippen LogP contribution in [-0.4, -0.2) is 27.3 Å². The van der Waals surface area contributed by atoms with E-state index >= 15 is 0 Å². The number of tetrazole rings is 1. The first kappa shape index (κ1) is 15.8. The van der Waals surface area contributed by atoms with Gasteiger partial charge in [-0.15, -0.1) is 5.10 Å². The lowest BCUT2D eigenvalue weighted by Crippen LogP contribution is -2.02.